The predicted octanol–water partition coefficient (Wildman–Crippen LogP) is 2.91. The second kappa shape index (κ2) is 4.06. The number of aromatic nitrogens is 1. The second-order valence-corrected chi connectivity index (χ2v) is 4.32. The van der Waals surface area contributed by atoms with Crippen molar-refractivity contribution in [1.82, 2.24) is 5.16 Å². The highest BCUT2D eigenvalue weighted by Crippen LogP contribution is 2.41. The van der Waals surface area contributed by atoms with Gasteiger partial charge in [0.15, 0.2) is 23.0 Å². The first-order valence-electron chi connectivity index (χ1n) is 6.02. The van der Waals surface area contributed by atoms with E-state index in [9.17, 15) is 0 Å². The van der Waals surface area contributed by atoms with E-state index in [0.717, 1.165) is 5.56 Å². The first kappa shape index (κ1) is 11.0. The van der Waals surface area contributed by atoms with Crippen molar-refractivity contribution in [2.45, 2.75) is 0 Å². The Kier molecular flexibility index (Phi) is 2.23. The fraction of sp³-hybridized carbons (Fsp3) is 0.0714. The Bertz CT molecular complexity index is 762. The molecule has 3 heterocycles. The molecule has 6 heteroatoms. The van der Waals surface area contributed by atoms with Gasteiger partial charge < -0.3 is 24.1 Å². The van der Waals surface area contributed by atoms with Crippen molar-refractivity contribution in [3.05, 3.63) is 36.6 Å². The quantitative estimate of drug-likeness (QED) is 0.770. The summed E-state index contributed by atoms with van der Waals surface area (Å²) >= 11 is 0. The summed E-state index contributed by atoms with van der Waals surface area (Å²) in [7, 11) is 0. The van der Waals surface area contributed by atoms with Crippen LogP contribution in [0.3, 0.4) is 0 Å². The van der Waals surface area contributed by atoms with Crippen LogP contribution in [0.5, 0.6) is 11.5 Å². The Balaban J connectivity index is 1.88. The average molecular weight is 270 g/mol. The number of benzene rings is 1. The molecular formula is C14H10N2O4. The highest BCUT2D eigenvalue weighted by molar-refractivity contribution is 5.86. The molecule has 100 valence electrons. The fourth-order valence-electron chi connectivity index (χ4n) is 2.22. The van der Waals surface area contributed by atoms with E-state index in [-0.39, 0.29) is 12.7 Å². The minimum Gasteiger partial charge on any atom is -0.463 e. The average Bonchev–Trinajstić information content (AvgIpc) is 3.17. The molecule has 20 heavy (non-hydrogen) atoms. The van der Waals surface area contributed by atoms with Crippen LogP contribution in [0.4, 0.5) is 5.88 Å². The van der Waals surface area contributed by atoms with Crippen LogP contribution in [-0.4, -0.2) is 11.9 Å². The highest BCUT2D eigenvalue weighted by Gasteiger charge is 2.22. The van der Waals surface area contributed by atoms with Crippen molar-refractivity contribution in [2.24, 2.45) is 0 Å². The molecule has 3 aromatic rings. The number of fused-ring (bicyclic) bond motifs is 1. The summed E-state index contributed by atoms with van der Waals surface area (Å²) in [5, 5.41) is 3.96. The van der Waals surface area contributed by atoms with E-state index in [2.05, 4.69) is 5.16 Å². The van der Waals surface area contributed by atoms with Gasteiger partial charge in [-0.05, 0) is 29.8 Å². The summed E-state index contributed by atoms with van der Waals surface area (Å²) in [4.78, 5) is 0. The van der Waals surface area contributed by atoms with Crippen LogP contribution in [0.15, 0.2) is 45.5 Å². The molecule has 1 aliphatic heterocycles. The molecule has 0 unspecified atom stereocenters. The van der Waals surface area contributed by atoms with Gasteiger partial charge in [0.25, 0.3) is 0 Å². The van der Waals surface area contributed by atoms with E-state index in [1.165, 1.54) is 0 Å². The summed E-state index contributed by atoms with van der Waals surface area (Å²) in [6, 6.07) is 9.13. The van der Waals surface area contributed by atoms with E-state index < -0.39 is 0 Å². The number of anilines is 1. The standard InChI is InChI=1S/C14H10N2O4/c15-14-12(13(16-20-14)10-2-1-5-17-10)8-3-4-9-11(6-8)19-7-18-9/h1-6H,7,15H2. The minimum atomic E-state index is 0.225. The number of furan rings is 1. The van der Waals surface area contributed by atoms with Gasteiger partial charge in [-0.15, -0.1) is 0 Å². The number of nitrogens with two attached hydrogens (primary N) is 1. The molecule has 0 radical (unpaired) electrons. The Hall–Kier alpha value is -2.89. The maximum Gasteiger partial charge on any atom is 0.231 e. The number of ether oxygens (including phenoxy) is 2. The Morgan fingerprint density at radius 1 is 1.10 bits per heavy atom. The molecule has 0 amide bonds. The van der Waals surface area contributed by atoms with Gasteiger partial charge in [-0.2, -0.15) is 0 Å². The van der Waals surface area contributed by atoms with E-state index in [1.807, 2.05) is 18.2 Å². The minimum absolute atomic E-state index is 0.225. The van der Waals surface area contributed by atoms with Gasteiger partial charge in [0.2, 0.25) is 12.7 Å². The molecule has 4 rings (SSSR count). The Morgan fingerprint density at radius 2 is 2.00 bits per heavy atom. The molecule has 0 fully saturated rings. The van der Waals surface area contributed by atoms with Crippen LogP contribution in [0.1, 0.15) is 0 Å². The maximum atomic E-state index is 5.88. The van der Waals surface area contributed by atoms with Crippen molar-refractivity contribution in [3.63, 3.8) is 0 Å². The molecule has 0 saturated heterocycles. The number of hydrogen-bond donors (Lipinski definition) is 1. The lowest BCUT2D eigenvalue weighted by atomic mass is 10.0. The van der Waals surface area contributed by atoms with Crippen molar-refractivity contribution < 1.29 is 18.4 Å². The summed E-state index contributed by atoms with van der Waals surface area (Å²) < 4.78 is 21.1. The van der Waals surface area contributed by atoms with Crippen molar-refractivity contribution in [1.29, 1.82) is 0 Å². The number of hydrogen-bond acceptors (Lipinski definition) is 6. The largest absolute Gasteiger partial charge is 0.463 e. The van der Waals surface area contributed by atoms with Crippen molar-refractivity contribution in [2.75, 3.05) is 12.5 Å². The monoisotopic (exact) mass is 270 g/mol. The summed E-state index contributed by atoms with van der Waals surface area (Å²) in [5.74, 6) is 2.21. The molecule has 6 nitrogen and oxygen atoms in total. The molecule has 0 bridgehead atoms. The third-order valence-corrected chi connectivity index (χ3v) is 3.13. The Morgan fingerprint density at radius 3 is 2.85 bits per heavy atom. The van der Waals surface area contributed by atoms with Gasteiger partial charge in [0.1, 0.15) is 0 Å². The molecule has 2 N–H and O–H groups in total. The lowest BCUT2D eigenvalue weighted by Crippen LogP contribution is -1.92. The molecule has 1 aromatic carbocycles. The third kappa shape index (κ3) is 1.55. The molecule has 1 aliphatic rings. The van der Waals surface area contributed by atoms with Crippen molar-refractivity contribution >= 4 is 5.88 Å². The predicted molar refractivity (Wildman–Crippen MR) is 70.2 cm³/mol. The van der Waals surface area contributed by atoms with Crippen molar-refractivity contribution in [3.8, 4) is 34.1 Å². The van der Waals surface area contributed by atoms with E-state index >= 15 is 0 Å². The molecule has 0 spiro atoms. The fourth-order valence-corrected chi connectivity index (χ4v) is 2.22. The lowest BCUT2D eigenvalue weighted by molar-refractivity contribution is 0.174. The van der Waals surface area contributed by atoms with Gasteiger partial charge >= 0.3 is 0 Å². The molecule has 0 aliphatic carbocycles. The zero-order valence-electron chi connectivity index (χ0n) is 10.3. The van der Waals surface area contributed by atoms with E-state index in [4.69, 9.17) is 24.1 Å². The molecule has 2 aromatic heterocycles. The topological polar surface area (TPSA) is 83.7 Å². The maximum absolute atomic E-state index is 5.88. The highest BCUT2D eigenvalue weighted by atomic mass is 16.7. The third-order valence-electron chi connectivity index (χ3n) is 3.13. The molecule has 0 saturated carbocycles. The lowest BCUT2D eigenvalue weighted by Gasteiger charge is -2.02. The van der Waals surface area contributed by atoms with Crippen LogP contribution >= 0.6 is 0 Å². The normalized spacial score (nSPS) is 12.8. The van der Waals surface area contributed by atoms with Gasteiger partial charge in [-0.25, -0.2) is 0 Å². The van der Waals surface area contributed by atoms with Crippen LogP contribution in [0.2, 0.25) is 0 Å². The van der Waals surface area contributed by atoms with Gasteiger partial charge in [-0.1, -0.05) is 11.2 Å². The summed E-state index contributed by atoms with van der Waals surface area (Å²) in [5.41, 5.74) is 7.95. The zero-order valence-corrected chi connectivity index (χ0v) is 10.3. The van der Waals surface area contributed by atoms with E-state index in [0.29, 0.717) is 28.5 Å². The smallest absolute Gasteiger partial charge is 0.231 e. The van der Waals surface area contributed by atoms with Gasteiger partial charge in [-0.3, -0.25) is 0 Å². The van der Waals surface area contributed by atoms with Gasteiger partial charge in [0.05, 0.1) is 11.8 Å². The zero-order chi connectivity index (χ0) is 13.5. The van der Waals surface area contributed by atoms with Crippen LogP contribution in [0, 0.1) is 0 Å². The molecule has 0 atom stereocenters. The first-order valence-corrected chi connectivity index (χ1v) is 6.02. The van der Waals surface area contributed by atoms with Crippen LogP contribution in [0.25, 0.3) is 22.6 Å². The number of nitrogen functional groups attached to an aromatic ring is 1. The summed E-state index contributed by atoms with van der Waals surface area (Å²) in [6.45, 7) is 0.225. The number of rotatable bonds is 2. The summed E-state index contributed by atoms with van der Waals surface area (Å²) in [6.07, 6.45) is 1.57. The first-order chi connectivity index (χ1) is 9.83. The van der Waals surface area contributed by atoms with E-state index in [1.54, 1.807) is 18.4 Å². The molecular weight excluding hydrogens is 260 g/mol. The SMILES string of the molecule is Nc1onc(-c2ccco2)c1-c1ccc2c(c1)OCO2. The van der Waals surface area contributed by atoms with Crippen LogP contribution < -0.4 is 15.2 Å². The second-order valence-electron chi connectivity index (χ2n) is 4.32. The van der Waals surface area contributed by atoms with Crippen LogP contribution in [-0.2, 0) is 0 Å². The number of nitrogens with zero attached hydrogens (tertiary/aromatic N) is 1. The van der Waals surface area contributed by atoms with Gasteiger partial charge in [0, 0.05) is 0 Å². The Labute approximate surface area is 113 Å².